The normalized spacial score (nSPS) is 12.7. The van der Waals surface area contributed by atoms with Crippen LogP contribution in [0, 0.1) is 11.6 Å². The minimum absolute atomic E-state index is 0.476. The maximum absolute atomic E-state index is 12.9. The number of hydrogen-bond acceptors (Lipinski definition) is 2. The topological polar surface area (TPSA) is 39.2 Å². The number of halogens is 2. The average Bonchev–Trinajstić information content (AvgIpc) is 2.74. The average molecular weight is 209 g/mol. The number of benzene rings is 1. The third-order valence-electron chi connectivity index (χ3n) is 2.15. The Morgan fingerprint density at radius 1 is 1.13 bits per heavy atom. The van der Waals surface area contributed by atoms with E-state index >= 15 is 0 Å². The summed E-state index contributed by atoms with van der Waals surface area (Å²) >= 11 is 0. The van der Waals surface area contributed by atoms with Crippen LogP contribution in [0.25, 0.3) is 0 Å². The van der Waals surface area contributed by atoms with E-state index in [9.17, 15) is 8.78 Å². The summed E-state index contributed by atoms with van der Waals surface area (Å²) in [6, 6.07) is 6.36. The van der Waals surface area contributed by atoms with Gasteiger partial charge in [0.1, 0.15) is 5.76 Å². The van der Waals surface area contributed by atoms with Crippen LogP contribution in [-0.2, 0) is 0 Å². The molecule has 0 fully saturated rings. The van der Waals surface area contributed by atoms with Gasteiger partial charge >= 0.3 is 0 Å². The van der Waals surface area contributed by atoms with Gasteiger partial charge in [0.15, 0.2) is 11.6 Å². The summed E-state index contributed by atoms with van der Waals surface area (Å²) in [6.45, 7) is 0. The van der Waals surface area contributed by atoms with Gasteiger partial charge < -0.3 is 10.2 Å². The SMILES string of the molecule is NC(c1ccc(F)c(F)c1)c1ccco1. The van der Waals surface area contributed by atoms with Crippen molar-refractivity contribution in [3.63, 3.8) is 0 Å². The van der Waals surface area contributed by atoms with Crippen molar-refractivity contribution in [1.29, 1.82) is 0 Å². The van der Waals surface area contributed by atoms with E-state index in [4.69, 9.17) is 10.2 Å². The van der Waals surface area contributed by atoms with E-state index in [-0.39, 0.29) is 0 Å². The van der Waals surface area contributed by atoms with Crippen molar-refractivity contribution in [2.75, 3.05) is 0 Å². The van der Waals surface area contributed by atoms with Crippen molar-refractivity contribution in [2.45, 2.75) is 6.04 Å². The monoisotopic (exact) mass is 209 g/mol. The second-order valence-electron chi connectivity index (χ2n) is 3.17. The van der Waals surface area contributed by atoms with E-state index in [0.29, 0.717) is 11.3 Å². The van der Waals surface area contributed by atoms with E-state index in [1.165, 1.54) is 12.3 Å². The highest BCUT2D eigenvalue weighted by Crippen LogP contribution is 2.21. The standard InChI is InChI=1S/C11H9F2NO/c12-8-4-3-7(6-9(8)13)11(14)10-2-1-5-15-10/h1-6,11H,14H2. The molecule has 1 aromatic heterocycles. The van der Waals surface area contributed by atoms with Crippen LogP contribution in [0.1, 0.15) is 17.4 Å². The molecule has 2 aromatic rings. The van der Waals surface area contributed by atoms with Crippen LogP contribution < -0.4 is 5.73 Å². The van der Waals surface area contributed by atoms with Crippen molar-refractivity contribution >= 4 is 0 Å². The Kier molecular flexibility index (Phi) is 2.51. The molecule has 2 nitrogen and oxygen atoms in total. The van der Waals surface area contributed by atoms with E-state index in [2.05, 4.69) is 0 Å². The van der Waals surface area contributed by atoms with Gasteiger partial charge in [-0.25, -0.2) is 8.78 Å². The zero-order valence-corrected chi connectivity index (χ0v) is 7.78. The fourth-order valence-electron chi connectivity index (χ4n) is 1.34. The van der Waals surface area contributed by atoms with Gasteiger partial charge in [0.05, 0.1) is 12.3 Å². The second-order valence-corrected chi connectivity index (χ2v) is 3.17. The Morgan fingerprint density at radius 3 is 2.53 bits per heavy atom. The molecule has 15 heavy (non-hydrogen) atoms. The number of rotatable bonds is 2. The van der Waals surface area contributed by atoms with Gasteiger partial charge in [-0.3, -0.25) is 0 Å². The maximum Gasteiger partial charge on any atom is 0.159 e. The lowest BCUT2D eigenvalue weighted by Gasteiger charge is -2.08. The fourth-order valence-corrected chi connectivity index (χ4v) is 1.34. The van der Waals surface area contributed by atoms with Crippen molar-refractivity contribution in [1.82, 2.24) is 0 Å². The van der Waals surface area contributed by atoms with Gasteiger partial charge in [-0.1, -0.05) is 6.07 Å². The first kappa shape index (κ1) is 9.86. The van der Waals surface area contributed by atoms with Crippen LogP contribution in [0.4, 0.5) is 8.78 Å². The molecule has 0 aliphatic heterocycles. The van der Waals surface area contributed by atoms with Crippen LogP contribution in [-0.4, -0.2) is 0 Å². The second kappa shape index (κ2) is 3.82. The highest BCUT2D eigenvalue weighted by atomic mass is 19.2. The van der Waals surface area contributed by atoms with Crippen LogP contribution in [0.2, 0.25) is 0 Å². The molecule has 4 heteroatoms. The van der Waals surface area contributed by atoms with Gasteiger partial charge in [-0.05, 0) is 29.8 Å². The Balaban J connectivity index is 2.34. The lowest BCUT2D eigenvalue weighted by Crippen LogP contribution is -2.11. The highest BCUT2D eigenvalue weighted by molar-refractivity contribution is 5.27. The lowest BCUT2D eigenvalue weighted by atomic mass is 10.1. The number of hydrogen-bond donors (Lipinski definition) is 1. The molecule has 78 valence electrons. The van der Waals surface area contributed by atoms with Crippen molar-refractivity contribution < 1.29 is 13.2 Å². The quantitative estimate of drug-likeness (QED) is 0.825. The molecule has 0 amide bonds. The van der Waals surface area contributed by atoms with E-state index < -0.39 is 17.7 Å². The zero-order chi connectivity index (χ0) is 10.8. The van der Waals surface area contributed by atoms with Gasteiger partial charge in [0, 0.05) is 0 Å². The predicted octanol–water partition coefficient (Wildman–Crippen LogP) is 2.61. The fraction of sp³-hybridized carbons (Fsp3) is 0.0909. The first-order chi connectivity index (χ1) is 7.18. The molecule has 0 aliphatic carbocycles. The maximum atomic E-state index is 12.9. The van der Waals surface area contributed by atoms with Gasteiger partial charge in [0.25, 0.3) is 0 Å². The molecule has 0 radical (unpaired) electrons. The van der Waals surface area contributed by atoms with E-state index in [1.807, 2.05) is 0 Å². The molecule has 2 N–H and O–H groups in total. The minimum atomic E-state index is -0.908. The van der Waals surface area contributed by atoms with Gasteiger partial charge in [-0.15, -0.1) is 0 Å². The van der Waals surface area contributed by atoms with Crippen LogP contribution in [0.15, 0.2) is 41.0 Å². The molecule has 0 bridgehead atoms. The number of nitrogens with two attached hydrogens (primary N) is 1. The van der Waals surface area contributed by atoms with E-state index in [1.54, 1.807) is 12.1 Å². The largest absolute Gasteiger partial charge is 0.467 e. The third kappa shape index (κ3) is 1.89. The molecule has 0 spiro atoms. The van der Waals surface area contributed by atoms with Gasteiger partial charge in [0.2, 0.25) is 0 Å². The minimum Gasteiger partial charge on any atom is -0.467 e. The van der Waals surface area contributed by atoms with Crippen LogP contribution in [0.5, 0.6) is 0 Å². The Bertz CT molecular complexity index is 454. The molecule has 0 saturated carbocycles. The summed E-state index contributed by atoms with van der Waals surface area (Å²) in [4.78, 5) is 0. The summed E-state index contributed by atoms with van der Waals surface area (Å²) in [7, 11) is 0. The molecule has 1 heterocycles. The Hall–Kier alpha value is -1.68. The first-order valence-corrected chi connectivity index (χ1v) is 4.42. The molecule has 1 unspecified atom stereocenters. The summed E-state index contributed by atoms with van der Waals surface area (Å²) in [5, 5.41) is 0. The molecule has 0 aliphatic rings. The Labute approximate surface area is 85.3 Å². The summed E-state index contributed by atoms with van der Waals surface area (Å²) < 4.78 is 30.7. The smallest absolute Gasteiger partial charge is 0.159 e. The molecule has 1 aromatic carbocycles. The highest BCUT2D eigenvalue weighted by Gasteiger charge is 2.13. The predicted molar refractivity (Wildman–Crippen MR) is 51.1 cm³/mol. The van der Waals surface area contributed by atoms with Crippen LogP contribution in [0.3, 0.4) is 0 Å². The Morgan fingerprint density at radius 2 is 1.93 bits per heavy atom. The molecule has 0 saturated heterocycles. The summed E-state index contributed by atoms with van der Waals surface area (Å²) in [6.07, 6.45) is 1.48. The summed E-state index contributed by atoms with van der Waals surface area (Å²) in [5.41, 5.74) is 6.27. The molecule has 2 rings (SSSR count). The number of furan rings is 1. The lowest BCUT2D eigenvalue weighted by molar-refractivity contribution is 0.483. The van der Waals surface area contributed by atoms with Crippen molar-refractivity contribution in [3.05, 3.63) is 59.6 Å². The van der Waals surface area contributed by atoms with Crippen molar-refractivity contribution in [3.8, 4) is 0 Å². The molecular formula is C11H9F2NO. The molecule has 1 atom stereocenters. The zero-order valence-electron chi connectivity index (χ0n) is 7.78. The van der Waals surface area contributed by atoms with Gasteiger partial charge in [-0.2, -0.15) is 0 Å². The molecular weight excluding hydrogens is 200 g/mol. The third-order valence-corrected chi connectivity index (χ3v) is 2.15. The summed E-state index contributed by atoms with van der Waals surface area (Å²) in [5.74, 6) is -1.28. The first-order valence-electron chi connectivity index (χ1n) is 4.42. The van der Waals surface area contributed by atoms with Crippen molar-refractivity contribution in [2.24, 2.45) is 5.73 Å². The van der Waals surface area contributed by atoms with Crippen LogP contribution >= 0.6 is 0 Å². The van der Waals surface area contributed by atoms with E-state index in [0.717, 1.165) is 12.1 Å².